The molecule has 1 aromatic rings. The second kappa shape index (κ2) is 5.98. The van der Waals surface area contributed by atoms with Crippen LogP contribution in [0.25, 0.3) is 0 Å². The smallest absolute Gasteiger partial charge is 0.209 e. The van der Waals surface area contributed by atoms with E-state index in [0.29, 0.717) is 6.04 Å². The van der Waals surface area contributed by atoms with Crippen molar-refractivity contribution in [3.63, 3.8) is 0 Å². The third-order valence-electron chi connectivity index (χ3n) is 1.65. The average molecular weight is 215 g/mol. The fraction of sp³-hybridized carbons (Fsp3) is 0.875. The Hall–Kier alpha value is -0.620. The molecule has 0 fully saturated rings. The lowest BCUT2D eigenvalue weighted by Gasteiger charge is -2.07. The number of hydrogen-bond acceptors (Lipinski definition) is 5. The molecule has 0 saturated heterocycles. The quantitative estimate of drug-likeness (QED) is 0.711. The molecule has 0 amide bonds. The van der Waals surface area contributed by atoms with Gasteiger partial charge in [0, 0.05) is 12.6 Å². The van der Waals surface area contributed by atoms with Gasteiger partial charge in [0.15, 0.2) is 0 Å². The first-order valence-corrected chi connectivity index (χ1v) is 5.85. The maximum absolute atomic E-state index is 3.94. The molecule has 0 aliphatic carbocycles. The zero-order valence-electron chi connectivity index (χ0n) is 8.90. The van der Waals surface area contributed by atoms with Crippen molar-refractivity contribution in [3.05, 3.63) is 0 Å². The maximum atomic E-state index is 3.94. The highest BCUT2D eigenvalue weighted by Gasteiger charge is 2.04. The van der Waals surface area contributed by atoms with E-state index in [0.717, 1.165) is 24.0 Å². The summed E-state index contributed by atoms with van der Waals surface area (Å²) in [5.74, 6) is 0.998. The first kappa shape index (κ1) is 11.5. The molecule has 1 heterocycles. The van der Waals surface area contributed by atoms with Crippen LogP contribution >= 0.6 is 11.8 Å². The van der Waals surface area contributed by atoms with E-state index in [1.165, 1.54) is 0 Å². The Morgan fingerprint density at radius 2 is 2.29 bits per heavy atom. The fourth-order valence-corrected chi connectivity index (χ4v) is 1.66. The van der Waals surface area contributed by atoms with Gasteiger partial charge in [-0.1, -0.05) is 32.5 Å². The molecule has 0 radical (unpaired) electrons. The molecular weight excluding hydrogens is 198 g/mol. The fourth-order valence-electron chi connectivity index (χ4n) is 1.03. The molecule has 0 atom stereocenters. The number of tetrazole rings is 1. The minimum atomic E-state index is 0.508. The lowest BCUT2D eigenvalue weighted by molar-refractivity contribution is 0.485. The first-order valence-electron chi connectivity index (χ1n) is 4.86. The van der Waals surface area contributed by atoms with E-state index in [2.05, 4.69) is 41.6 Å². The van der Waals surface area contributed by atoms with Gasteiger partial charge in [-0.3, -0.25) is 0 Å². The molecule has 0 spiro atoms. The van der Waals surface area contributed by atoms with Crippen LogP contribution in [0.15, 0.2) is 5.16 Å². The zero-order valence-corrected chi connectivity index (χ0v) is 9.71. The van der Waals surface area contributed by atoms with Crippen molar-refractivity contribution < 1.29 is 0 Å². The molecular formula is C8H17N5S. The van der Waals surface area contributed by atoms with Crippen molar-refractivity contribution in [1.82, 2.24) is 25.5 Å². The highest BCUT2D eigenvalue weighted by molar-refractivity contribution is 7.99. The van der Waals surface area contributed by atoms with E-state index < -0.39 is 0 Å². The van der Waals surface area contributed by atoms with Gasteiger partial charge in [0.2, 0.25) is 5.16 Å². The molecule has 1 N–H and O–H groups in total. The highest BCUT2D eigenvalue weighted by Crippen LogP contribution is 2.11. The van der Waals surface area contributed by atoms with E-state index in [4.69, 9.17) is 0 Å². The minimum absolute atomic E-state index is 0.508. The Bertz CT molecular complexity index is 260. The van der Waals surface area contributed by atoms with Crippen molar-refractivity contribution in [2.45, 2.75) is 38.5 Å². The Balaban J connectivity index is 2.37. The monoisotopic (exact) mass is 215 g/mol. The van der Waals surface area contributed by atoms with E-state index in [9.17, 15) is 0 Å². The van der Waals surface area contributed by atoms with Gasteiger partial charge < -0.3 is 5.32 Å². The number of thioether (sulfide) groups is 1. The number of nitrogens with one attached hydrogen (secondary N) is 1. The molecule has 1 aromatic heterocycles. The number of aromatic nitrogens is 4. The summed E-state index contributed by atoms with van der Waals surface area (Å²) in [6, 6.07) is 0.508. The summed E-state index contributed by atoms with van der Waals surface area (Å²) < 4.78 is 1.84. The third-order valence-corrected chi connectivity index (χ3v) is 2.49. The number of hydrogen-bond donors (Lipinski definition) is 1. The van der Waals surface area contributed by atoms with Crippen LogP contribution in [0.4, 0.5) is 0 Å². The van der Waals surface area contributed by atoms with Crippen LogP contribution in [0.2, 0.25) is 0 Å². The van der Waals surface area contributed by atoms with Gasteiger partial charge in [-0.2, -0.15) is 0 Å². The Kier molecular flexibility index (Phi) is 4.89. The summed E-state index contributed by atoms with van der Waals surface area (Å²) in [6.07, 6.45) is 0. The molecule has 80 valence electrons. The predicted octanol–water partition coefficient (Wildman–Crippen LogP) is 0.783. The SMILES string of the molecule is CCSc1nnnn1CCNC(C)C. The molecule has 5 nitrogen and oxygen atoms in total. The summed E-state index contributed by atoms with van der Waals surface area (Å²) in [5.41, 5.74) is 0. The molecule has 0 unspecified atom stereocenters. The van der Waals surface area contributed by atoms with Gasteiger partial charge in [0.05, 0.1) is 6.54 Å². The maximum Gasteiger partial charge on any atom is 0.209 e. The number of nitrogens with zero attached hydrogens (tertiary/aromatic N) is 4. The Morgan fingerprint density at radius 3 is 2.93 bits per heavy atom. The lowest BCUT2D eigenvalue weighted by atomic mass is 10.4. The van der Waals surface area contributed by atoms with Crippen LogP contribution in [-0.4, -0.2) is 38.5 Å². The van der Waals surface area contributed by atoms with Crippen LogP contribution < -0.4 is 5.32 Å². The summed E-state index contributed by atoms with van der Waals surface area (Å²) in [5, 5.41) is 15.7. The van der Waals surface area contributed by atoms with Crippen LogP contribution in [0.5, 0.6) is 0 Å². The summed E-state index contributed by atoms with van der Waals surface area (Å²) in [4.78, 5) is 0. The minimum Gasteiger partial charge on any atom is -0.313 e. The predicted molar refractivity (Wildman–Crippen MR) is 57.4 cm³/mol. The van der Waals surface area contributed by atoms with E-state index in [1.54, 1.807) is 11.8 Å². The Morgan fingerprint density at radius 1 is 1.50 bits per heavy atom. The van der Waals surface area contributed by atoms with Crippen molar-refractivity contribution in [3.8, 4) is 0 Å². The second-order valence-electron chi connectivity index (χ2n) is 3.23. The van der Waals surface area contributed by atoms with Crippen LogP contribution in [0.1, 0.15) is 20.8 Å². The van der Waals surface area contributed by atoms with Crippen LogP contribution in [-0.2, 0) is 6.54 Å². The van der Waals surface area contributed by atoms with Crippen molar-refractivity contribution >= 4 is 11.8 Å². The first-order chi connectivity index (χ1) is 6.74. The van der Waals surface area contributed by atoms with E-state index >= 15 is 0 Å². The zero-order chi connectivity index (χ0) is 10.4. The van der Waals surface area contributed by atoms with Crippen LogP contribution in [0.3, 0.4) is 0 Å². The summed E-state index contributed by atoms with van der Waals surface area (Å²) in [7, 11) is 0. The van der Waals surface area contributed by atoms with Crippen molar-refractivity contribution in [1.29, 1.82) is 0 Å². The third kappa shape index (κ3) is 3.63. The normalized spacial score (nSPS) is 11.1. The molecule has 6 heteroatoms. The van der Waals surface area contributed by atoms with Gasteiger partial charge in [0.25, 0.3) is 0 Å². The number of rotatable bonds is 6. The van der Waals surface area contributed by atoms with E-state index in [1.807, 2.05) is 4.68 Å². The van der Waals surface area contributed by atoms with Gasteiger partial charge in [-0.05, 0) is 16.2 Å². The van der Waals surface area contributed by atoms with Gasteiger partial charge in [-0.25, -0.2) is 4.68 Å². The molecule has 1 rings (SSSR count). The molecule has 14 heavy (non-hydrogen) atoms. The second-order valence-corrected chi connectivity index (χ2v) is 4.46. The lowest BCUT2D eigenvalue weighted by Crippen LogP contribution is -2.27. The van der Waals surface area contributed by atoms with Crippen molar-refractivity contribution in [2.24, 2.45) is 0 Å². The summed E-state index contributed by atoms with van der Waals surface area (Å²) >= 11 is 1.67. The largest absolute Gasteiger partial charge is 0.313 e. The standard InChI is InChI=1S/C8H17N5S/c1-4-14-8-10-11-12-13(8)6-5-9-7(2)3/h7,9H,4-6H2,1-3H3. The van der Waals surface area contributed by atoms with E-state index in [-0.39, 0.29) is 0 Å². The molecule has 0 aliphatic rings. The topological polar surface area (TPSA) is 55.6 Å². The molecule has 0 aromatic carbocycles. The van der Waals surface area contributed by atoms with Crippen LogP contribution in [0, 0.1) is 0 Å². The summed E-state index contributed by atoms with van der Waals surface area (Å²) in [6.45, 7) is 8.08. The molecule has 0 aliphatic heterocycles. The van der Waals surface area contributed by atoms with Gasteiger partial charge in [0.1, 0.15) is 0 Å². The molecule has 0 bridgehead atoms. The highest BCUT2D eigenvalue weighted by atomic mass is 32.2. The van der Waals surface area contributed by atoms with Crippen molar-refractivity contribution in [2.75, 3.05) is 12.3 Å². The van der Waals surface area contributed by atoms with Gasteiger partial charge in [-0.15, -0.1) is 5.10 Å². The molecule has 0 saturated carbocycles. The Labute approximate surface area is 88.6 Å². The average Bonchev–Trinajstić information content (AvgIpc) is 2.53. The van der Waals surface area contributed by atoms with Gasteiger partial charge >= 0.3 is 0 Å².